The predicted octanol–water partition coefficient (Wildman–Crippen LogP) is 1.04. The third-order valence-electron chi connectivity index (χ3n) is 3.50. The maximum atomic E-state index is 9.85. The zero-order valence-electron chi connectivity index (χ0n) is 11.5. The van der Waals surface area contributed by atoms with E-state index in [2.05, 4.69) is 38.9 Å². The molecular weight excluding hydrogens is 258 g/mol. The van der Waals surface area contributed by atoms with E-state index in [0.29, 0.717) is 36.4 Å². The summed E-state index contributed by atoms with van der Waals surface area (Å²) in [4.78, 5) is 14.7. The van der Waals surface area contributed by atoms with E-state index in [0.717, 1.165) is 0 Å². The molecule has 0 radical (unpaired) electrons. The summed E-state index contributed by atoms with van der Waals surface area (Å²) in [5.41, 5.74) is 0.581. The molecule has 0 aliphatic carbocycles. The van der Waals surface area contributed by atoms with Crippen molar-refractivity contribution >= 4 is 0 Å². The Bertz CT molecular complexity index is 571. The van der Waals surface area contributed by atoms with Crippen LogP contribution in [0.5, 0.6) is 0 Å². The summed E-state index contributed by atoms with van der Waals surface area (Å²) in [5, 5.41) is 13.8. The first-order valence-corrected chi connectivity index (χ1v) is 6.69. The molecule has 0 unspecified atom stereocenters. The van der Waals surface area contributed by atoms with E-state index in [-0.39, 0.29) is 12.1 Å². The minimum Gasteiger partial charge on any atom is -0.392 e. The summed E-state index contributed by atoms with van der Waals surface area (Å²) in [6.07, 6.45) is 5.04. The lowest BCUT2D eigenvalue weighted by Crippen LogP contribution is -2.31. The number of hydrogen-bond donors (Lipinski definition) is 1. The van der Waals surface area contributed by atoms with E-state index >= 15 is 0 Å². The van der Waals surface area contributed by atoms with Gasteiger partial charge in [0.25, 0.3) is 0 Å². The van der Waals surface area contributed by atoms with Crippen molar-refractivity contribution in [3.05, 3.63) is 24.5 Å². The lowest BCUT2D eigenvalue weighted by Gasteiger charge is -2.25. The molecule has 7 nitrogen and oxygen atoms in total. The van der Waals surface area contributed by atoms with E-state index in [1.807, 2.05) is 0 Å². The van der Waals surface area contributed by atoms with Crippen LogP contribution in [0.1, 0.15) is 32.2 Å². The van der Waals surface area contributed by atoms with Crippen LogP contribution in [0.15, 0.2) is 23.1 Å². The highest BCUT2D eigenvalue weighted by atomic mass is 16.5. The van der Waals surface area contributed by atoms with Gasteiger partial charge in [-0.2, -0.15) is 4.98 Å². The first-order chi connectivity index (χ1) is 9.65. The average Bonchev–Trinajstić information content (AvgIpc) is 3.06. The molecule has 106 valence electrons. The van der Waals surface area contributed by atoms with Gasteiger partial charge in [0.2, 0.25) is 11.7 Å². The normalized spacial score (nSPS) is 23.6. The predicted molar refractivity (Wildman–Crippen MR) is 70.5 cm³/mol. The third-order valence-corrected chi connectivity index (χ3v) is 3.50. The molecule has 0 amide bonds. The molecule has 1 saturated heterocycles. The molecule has 2 atom stereocenters. The van der Waals surface area contributed by atoms with E-state index in [1.165, 1.54) is 0 Å². The smallest absolute Gasteiger partial charge is 0.244 e. The van der Waals surface area contributed by atoms with E-state index in [4.69, 9.17) is 4.52 Å². The summed E-state index contributed by atoms with van der Waals surface area (Å²) in [7, 11) is 0. The maximum absolute atomic E-state index is 9.85. The Kier molecular flexibility index (Phi) is 3.45. The van der Waals surface area contributed by atoms with Crippen LogP contribution in [0.4, 0.5) is 0 Å². The fourth-order valence-electron chi connectivity index (χ4n) is 2.54. The minimum atomic E-state index is -0.353. The lowest BCUT2D eigenvalue weighted by molar-refractivity contribution is 0.150. The molecule has 3 heterocycles. The second-order valence-electron chi connectivity index (χ2n) is 5.24. The number of rotatable bonds is 3. The van der Waals surface area contributed by atoms with Crippen molar-refractivity contribution < 1.29 is 9.63 Å². The van der Waals surface area contributed by atoms with Crippen molar-refractivity contribution in [2.75, 3.05) is 6.54 Å². The van der Waals surface area contributed by atoms with Gasteiger partial charge in [-0.15, -0.1) is 0 Å². The summed E-state index contributed by atoms with van der Waals surface area (Å²) < 4.78 is 5.35. The van der Waals surface area contributed by atoms with Crippen molar-refractivity contribution in [2.45, 2.75) is 38.5 Å². The van der Waals surface area contributed by atoms with Crippen molar-refractivity contribution in [3.8, 4) is 11.5 Å². The molecule has 1 aliphatic rings. The van der Waals surface area contributed by atoms with Crippen molar-refractivity contribution in [1.82, 2.24) is 25.0 Å². The van der Waals surface area contributed by atoms with Crippen LogP contribution in [0.2, 0.25) is 0 Å². The van der Waals surface area contributed by atoms with Gasteiger partial charge in [-0.1, -0.05) is 5.16 Å². The molecule has 1 N–H and O–H groups in total. The second-order valence-corrected chi connectivity index (χ2v) is 5.24. The number of nitrogens with zero attached hydrogens (tertiary/aromatic N) is 5. The van der Waals surface area contributed by atoms with Crippen LogP contribution in [0.3, 0.4) is 0 Å². The van der Waals surface area contributed by atoms with Gasteiger partial charge in [0.15, 0.2) is 0 Å². The molecule has 2 aromatic rings. The van der Waals surface area contributed by atoms with Crippen molar-refractivity contribution in [2.24, 2.45) is 0 Å². The first kappa shape index (κ1) is 13.1. The topological polar surface area (TPSA) is 88.2 Å². The largest absolute Gasteiger partial charge is 0.392 e. The second kappa shape index (κ2) is 5.26. The van der Waals surface area contributed by atoms with Gasteiger partial charge in [0, 0.05) is 25.0 Å². The van der Waals surface area contributed by atoms with Crippen LogP contribution in [0, 0.1) is 0 Å². The quantitative estimate of drug-likeness (QED) is 0.895. The van der Waals surface area contributed by atoms with Gasteiger partial charge in [-0.05, 0) is 20.3 Å². The molecule has 0 aromatic carbocycles. The summed E-state index contributed by atoms with van der Waals surface area (Å²) in [6, 6.07) is 0.270. The van der Waals surface area contributed by atoms with Gasteiger partial charge >= 0.3 is 0 Å². The first-order valence-electron chi connectivity index (χ1n) is 6.69. The zero-order valence-corrected chi connectivity index (χ0v) is 11.5. The van der Waals surface area contributed by atoms with E-state index < -0.39 is 0 Å². The lowest BCUT2D eigenvalue weighted by atomic mass is 10.2. The Morgan fingerprint density at radius 1 is 1.40 bits per heavy atom. The molecule has 20 heavy (non-hydrogen) atoms. The minimum absolute atomic E-state index is 0.0390. The Morgan fingerprint density at radius 3 is 2.95 bits per heavy atom. The van der Waals surface area contributed by atoms with Gasteiger partial charge in [0.1, 0.15) is 5.69 Å². The van der Waals surface area contributed by atoms with Gasteiger partial charge in [-0.25, -0.2) is 4.98 Å². The van der Waals surface area contributed by atoms with Crippen LogP contribution in [-0.4, -0.2) is 48.8 Å². The number of β-amino-alcohol motifs (C(OH)–C–C–N with tert-alkyl or cyclic N) is 1. The number of likely N-dealkylation sites (tertiary alicyclic amines) is 1. The highest BCUT2D eigenvalue weighted by Crippen LogP contribution is 2.33. The number of aliphatic hydroxyl groups excluding tert-OH is 1. The van der Waals surface area contributed by atoms with Gasteiger partial charge < -0.3 is 9.63 Å². The highest BCUT2D eigenvalue weighted by molar-refractivity contribution is 5.45. The van der Waals surface area contributed by atoms with E-state index in [1.54, 1.807) is 18.6 Å². The molecular formula is C13H17N5O2. The Morgan fingerprint density at radius 2 is 2.25 bits per heavy atom. The monoisotopic (exact) mass is 275 g/mol. The fraction of sp³-hybridized carbons (Fsp3) is 0.538. The fourth-order valence-corrected chi connectivity index (χ4v) is 2.54. The molecule has 0 spiro atoms. The van der Waals surface area contributed by atoms with Crippen molar-refractivity contribution in [1.29, 1.82) is 0 Å². The number of hydrogen-bond acceptors (Lipinski definition) is 7. The summed E-state index contributed by atoms with van der Waals surface area (Å²) in [5.74, 6) is 0.953. The van der Waals surface area contributed by atoms with Crippen LogP contribution < -0.4 is 0 Å². The molecule has 1 aliphatic heterocycles. The Balaban J connectivity index is 1.86. The highest BCUT2D eigenvalue weighted by Gasteiger charge is 2.37. The third kappa shape index (κ3) is 2.41. The van der Waals surface area contributed by atoms with Gasteiger partial charge in [0.05, 0.1) is 18.3 Å². The van der Waals surface area contributed by atoms with Crippen LogP contribution in [-0.2, 0) is 0 Å². The molecule has 3 rings (SSSR count). The number of aromatic nitrogens is 4. The van der Waals surface area contributed by atoms with Crippen LogP contribution in [0.25, 0.3) is 11.5 Å². The molecule has 0 bridgehead atoms. The van der Waals surface area contributed by atoms with E-state index in [9.17, 15) is 5.11 Å². The number of aliphatic hydroxyl groups is 1. The Hall–Kier alpha value is -1.86. The summed E-state index contributed by atoms with van der Waals surface area (Å²) in [6.45, 7) is 4.81. The zero-order chi connectivity index (χ0) is 14.1. The molecule has 1 fully saturated rings. The van der Waals surface area contributed by atoms with Gasteiger partial charge in [-0.3, -0.25) is 9.88 Å². The maximum Gasteiger partial charge on any atom is 0.244 e. The Labute approximate surface area is 116 Å². The molecule has 2 aromatic heterocycles. The summed E-state index contributed by atoms with van der Waals surface area (Å²) >= 11 is 0. The molecule has 0 saturated carbocycles. The SMILES string of the molecule is CC(C)N1C[C@H](O)C[C@H]1c1nc(-c2cnccn2)no1. The van der Waals surface area contributed by atoms with Crippen LogP contribution >= 0.6 is 0 Å². The average molecular weight is 275 g/mol. The molecule has 7 heteroatoms. The van der Waals surface area contributed by atoms with Crippen molar-refractivity contribution in [3.63, 3.8) is 0 Å². The standard InChI is InChI=1S/C13H17N5O2/c1-8(2)18-7-9(19)5-11(18)13-16-12(17-20-13)10-6-14-3-4-15-10/h3-4,6,8-9,11,19H,5,7H2,1-2H3/t9-,11+/m1/s1.